The second-order valence-corrected chi connectivity index (χ2v) is 25.0. The summed E-state index contributed by atoms with van der Waals surface area (Å²) in [5, 5.41) is 18.2. The van der Waals surface area contributed by atoms with E-state index in [-0.39, 0.29) is 35.7 Å². The molecule has 0 bridgehead atoms. The van der Waals surface area contributed by atoms with E-state index in [9.17, 15) is 51.3 Å². The summed E-state index contributed by atoms with van der Waals surface area (Å²) in [7, 11) is 6.29. The number of nitrogens with zero attached hydrogens (tertiary/aromatic N) is 1. The first kappa shape index (κ1) is 56.1. The van der Waals surface area contributed by atoms with E-state index in [4.69, 9.17) is 98.6 Å². The smallest absolute Gasteiger partial charge is 0.335 e. The van der Waals surface area contributed by atoms with Crippen LogP contribution in [-0.4, -0.2) is 53.2 Å². The Morgan fingerprint density at radius 3 is 1.46 bits per heavy atom. The first-order valence-corrected chi connectivity index (χ1v) is 27.9. The number of hydrogen-bond acceptors (Lipinski definition) is 12. The van der Waals surface area contributed by atoms with Gasteiger partial charge in [-0.3, -0.25) is 0 Å². The minimum Gasteiger partial charge on any atom is -0.478 e. The van der Waals surface area contributed by atoms with E-state index in [0.29, 0.717) is 21.2 Å². The van der Waals surface area contributed by atoms with Crippen molar-refractivity contribution in [2.24, 2.45) is 0 Å². The molecule has 5 aromatic carbocycles. The highest BCUT2D eigenvalue weighted by atomic mass is 35.7. The Kier molecular flexibility index (Phi) is 21.7. The van der Waals surface area contributed by atoms with E-state index in [2.05, 4.69) is 0 Å². The molecule has 1 N–H and O–H groups in total. The second kappa shape index (κ2) is 23.7. The number of aryl methyl sites for hydroxylation is 2. The molecule has 0 amide bonds. The van der Waals surface area contributed by atoms with Crippen LogP contribution in [0.1, 0.15) is 27.0 Å². The van der Waals surface area contributed by atoms with Crippen LogP contribution in [0.5, 0.6) is 0 Å². The van der Waals surface area contributed by atoms with Crippen molar-refractivity contribution < 1.29 is 56.4 Å². The summed E-state index contributed by atoms with van der Waals surface area (Å²) in [5.74, 6) is -2.10. The molecule has 5 aromatic rings. The van der Waals surface area contributed by atoms with E-state index in [1.54, 1.807) is 32.0 Å². The SMILES string of the molecule is Cc1cc(S(=O)(=O)Cl)c(C)cc1Cl.N#Cc1ccccc1S(=O)(=O)Cl.O=C(O)c1cccc(S(=O)(=O)Cl)c1.O=S(=O)(Cl)c1cc(Cl)ccc1F.O=S(=O)(Cl)c1ccc(Cl)cc1. The van der Waals surface area contributed by atoms with E-state index in [0.717, 1.165) is 18.2 Å². The molecule has 0 aliphatic rings. The lowest BCUT2D eigenvalue weighted by Gasteiger charge is -2.04. The molecule has 0 heterocycles. The molecule has 0 aliphatic heterocycles. The Balaban J connectivity index is 0.000000382. The number of hydrogen-bond donors (Lipinski definition) is 1. The van der Waals surface area contributed by atoms with Crippen LogP contribution in [-0.2, 0) is 45.3 Å². The Hall–Kier alpha value is -2.94. The molecule has 27 heteroatoms. The normalized spacial score (nSPS) is 11.3. The average Bonchev–Trinajstić information content (AvgIpc) is 3.13. The van der Waals surface area contributed by atoms with Crippen LogP contribution >= 0.6 is 88.2 Å². The molecule has 0 saturated carbocycles. The fraction of sp³-hybridized carbons (Fsp3) is 0.0588. The minimum absolute atomic E-state index is 0.0589. The van der Waals surface area contributed by atoms with Crippen LogP contribution in [0.2, 0.25) is 15.1 Å². The van der Waals surface area contributed by atoms with Crippen LogP contribution in [0.4, 0.5) is 4.39 Å². The lowest BCUT2D eigenvalue weighted by molar-refractivity contribution is 0.0696. The summed E-state index contributed by atoms with van der Waals surface area (Å²) < 4.78 is 121. The molecule has 0 aromatic heterocycles. The number of carbonyl (C=O) groups is 1. The van der Waals surface area contributed by atoms with Gasteiger partial charge in [-0.15, -0.1) is 0 Å². The Bertz CT molecular complexity index is 3010. The average molecular weight is 1100 g/mol. The first-order valence-electron chi connectivity index (χ1n) is 15.2. The van der Waals surface area contributed by atoms with Crippen molar-refractivity contribution in [3.63, 3.8) is 0 Å². The quantitative estimate of drug-likeness (QED) is 0.156. The third-order valence-corrected chi connectivity index (χ3v) is 14.4. The third kappa shape index (κ3) is 20.0. The maximum Gasteiger partial charge on any atom is 0.335 e. The predicted octanol–water partition coefficient (Wildman–Crippen LogP) is 10.4. The molecule has 0 radical (unpaired) electrons. The van der Waals surface area contributed by atoms with Gasteiger partial charge in [0, 0.05) is 68.5 Å². The first-order chi connectivity index (χ1) is 27.7. The highest BCUT2D eigenvalue weighted by Crippen LogP contribution is 2.26. The van der Waals surface area contributed by atoms with Gasteiger partial charge in [-0.2, -0.15) is 5.26 Å². The number of halogens is 9. The molecular weight excluding hydrogens is 1080 g/mol. The minimum atomic E-state index is -4.04. The molecular formula is C34H24Cl8FNO12S5. The van der Waals surface area contributed by atoms with Gasteiger partial charge in [0.05, 0.1) is 25.8 Å². The van der Waals surface area contributed by atoms with Crippen molar-refractivity contribution in [2.45, 2.75) is 38.3 Å². The van der Waals surface area contributed by atoms with Gasteiger partial charge >= 0.3 is 5.97 Å². The fourth-order valence-electron chi connectivity index (χ4n) is 3.83. The summed E-state index contributed by atoms with van der Waals surface area (Å²) in [6.07, 6.45) is 0. The van der Waals surface area contributed by atoms with Crippen molar-refractivity contribution in [3.8, 4) is 6.07 Å². The maximum atomic E-state index is 12.7. The van der Waals surface area contributed by atoms with Crippen molar-refractivity contribution in [2.75, 3.05) is 0 Å². The third-order valence-electron chi connectivity index (χ3n) is 6.60. The number of benzene rings is 5. The number of nitriles is 1. The molecule has 61 heavy (non-hydrogen) atoms. The van der Waals surface area contributed by atoms with Gasteiger partial charge < -0.3 is 5.11 Å². The fourth-order valence-corrected chi connectivity index (χ4v) is 9.18. The molecule has 0 fully saturated rings. The van der Waals surface area contributed by atoms with Crippen LogP contribution in [0.25, 0.3) is 0 Å². The lowest BCUT2D eigenvalue weighted by Crippen LogP contribution is -1.98. The summed E-state index contributed by atoms with van der Waals surface area (Å²) in [6.45, 7) is 3.38. The molecule has 0 atom stereocenters. The topological polar surface area (TPSA) is 232 Å². The highest BCUT2D eigenvalue weighted by Gasteiger charge is 2.17. The second-order valence-electron chi connectivity index (χ2n) is 11.0. The van der Waals surface area contributed by atoms with Gasteiger partial charge in [-0.25, -0.2) is 51.3 Å². The van der Waals surface area contributed by atoms with Crippen molar-refractivity contribution in [3.05, 3.63) is 146 Å². The Morgan fingerprint density at radius 2 is 1.03 bits per heavy atom. The predicted molar refractivity (Wildman–Crippen MR) is 234 cm³/mol. The van der Waals surface area contributed by atoms with Crippen LogP contribution < -0.4 is 0 Å². The summed E-state index contributed by atoms with van der Waals surface area (Å²) in [5.41, 5.74) is 1.21. The van der Waals surface area contributed by atoms with Gasteiger partial charge in [0.1, 0.15) is 21.7 Å². The van der Waals surface area contributed by atoms with Gasteiger partial charge in [0.15, 0.2) is 0 Å². The largest absolute Gasteiger partial charge is 0.478 e. The van der Waals surface area contributed by atoms with Gasteiger partial charge in [0.25, 0.3) is 45.3 Å². The van der Waals surface area contributed by atoms with E-state index >= 15 is 0 Å². The molecule has 0 saturated heterocycles. The summed E-state index contributed by atoms with van der Waals surface area (Å²) in [6, 6.07) is 24.2. The standard InChI is InChI=1S/C8H8Cl2O2S.C7H4ClNO2S.C7H5ClO4S.C6H3Cl2FO2S.C6H4Cl2O2S/c1-5-4-8(13(10,11)12)6(2)3-7(5)9;8-12(10,11)7-4-2-1-3-6(7)5-9;8-13(11,12)6-3-1-2-5(4-6)7(9)10;7-4-1-2-5(9)6(3-4)12(8,10)11;7-5-1-3-6(4-2-5)11(8,9)10/h3-4H,1-2H3;1-4H;1-4H,(H,9,10);1-3H;1-4H. The molecule has 0 spiro atoms. The summed E-state index contributed by atoms with van der Waals surface area (Å²) in [4.78, 5) is 9.66. The van der Waals surface area contributed by atoms with Crippen molar-refractivity contribution in [1.82, 2.24) is 0 Å². The molecule has 330 valence electrons. The van der Waals surface area contributed by atoms with Gasteiger partial charge in [-0.05, 0) is 110 Å². The number of rotatable bonds is 6. The monoisotopic (exact) mass is 1100 g/mol. The van der Waals surface area contributed by atoms with Crippen LogP contribution in [0.3, 0.4) is 0 Å². The highest BCUT2D eigenvalue weighted by molar-refractivity contribution is 8.15. The number of carboxylic acids is 1. The lowest BCUT2D eigenvalue weighted by atomic mass is 10.2. The maximum absolute atomic E-state index is 12.7. The molecule has 13 nitrogen and oxygen atoms in total. The van der Waals surface area contributed by atoms with E-state index in [1.807, 2.05) is 0 Å². The van der Waals surface area contributed by atoms with Crippen LogP contribution in [0, 0.1) is 31.0 Å². The van der Waals surface area contributed by atoms with E-state index < -0.39 is 61.9 Å². The van der Waals surface area contributed by atoms with Crippen LogP contribution in [0.15, 0.2) is 128 Å². The molecule has 5 rings (SSSR count). The zero-order valence-electron chi connectivity index (χ0n) is 30.1. The molecule has 0 unspecified atom stereocenters. The zero-order valence-corrected chi connectivity index (χ0v) is 40.3. The Morgan fingerprint density at radius 1 is 0.541 bits per heavy atom. The molecule has 0 aliphatic carbocycles. The van der Waals surface area contributed by atoms with E-state index in [1.165, 1.54) is 72.8 Å². The number of carboxylic acid groups (broad SMARTS) is 1. The van der Waals surface area contributed by atoms with Crippen molar-refractivity contribution >= 4 is 139 Å². The van der Waals surface area contributed by atoms with Crippen molar-refractivity contribution in [1.29, 1.82) is 5.26 Å². The summed E-state index contributed by atoms with van der Waals surface area (Å²) >= 11 is 16.8. The van der Waals surface area contributed by atoms with Gasteiger partial charge in [0.2, 0.25) is 0 Å². The van der Waals surface area contributed by atoms with Gasteiger partial charge in [-0.1, -0.05) is 53.0 Å². The Labute approximate surface area is 388 Å². The number of aromatic carboxylic acids is 1. The zero-order chi connectivity index (χ0) is 47.3.